The van der Waals surface area contributed by atoms with Crippen LogP contribution in [0, 0.1) is 0 Å². The van der Waals surface area contributed by atoms with Gasteiger partial charge in [0.2, 0.25) is 0 Å². The maximum Gasteiger partial charge on any atom is 0.335 e. The second kappa shape index (κ2) is 3.48. The van der Waals surface area contributed by atoms with Crippen molar-refractivity contribution in [2.24, 2.45) is 0 Å². The van der Waals surface area contributed by atoms with E-state index in [-0.39, 0.29) is 24.3 Å². The van der Waals surface area contributed by atoms with Crippen molar-refractivity contribution in [2.75, 3.05) is 11.5 Å². The van der Waals surface area contributed by atoms with Crippen LogP contribution < -0.4 is 0 Å². The number of carboxylic acid groups (broad SMARTS) is 1. The molecule has 1 saturated heterocycles. The zero-order chi connectivity index (χ0) is 11.0. The molecule has 1 unspecified atom stereocenters. The van der Waals surface area contributed by atoms with Crippen molar-refractivity contribution in [1.29, 1.82) is 0 Å². The maximum atomic E-state index is 11.0. The fraction of sp³-hybridized carbons (Fsp3) is 0.857. The quantitative estimate of drug-likeness (QED) is 0.519. The van der Waals surface area contributed by atoms with E-state index in [4.69, 9.17) is 10.2 Å². The summed E-state index contributed by atoms with van der Waals surface area (Å²) in [7, 11) is -3.18. The Morgan fingerprint density at radius 2 is 1.71 bits per heavy atom. The van der Waals surface area contributed by atoms with Gasteiger partial charge in [-0.1, -0.05) is 0 Å². The molecule has 1 fully saturated rings. The summed E-state index contributed by atoms with van der Waals surface area (Å²) < 4.78 is 22.0. The van der Waals surface area contributed by atoms with Crippen LogP contribution in [0.2, 0.25) is 0 Å². The van der Waals surface area contributed by atoms with Crippen LogP contribution in [-0.2, 0) is 14.6 Å². The number of aliphatic hydroxyl groups is 2. The van der Waals surface area contributed by atoms with Gasteiger partial charge in [-0.25, -0.2) is 13.2 Å². The average molecular weight is 224 g/mol. The Hall–Kier alpha value is -0.660. The number of sulfone groups is 1. The van der Waals surface area contributed by atoms with Crippen LogP contribution in [0.15, 0.2) is 0 Å². The first-order valence-corrected chi connectivity index (χ1v) is 5.93. The molecule has 1 aliphatic heterocycles. The van der Waals surface area contributed by atoms with E-state index in [1.807, 2.05) is 0 Å². The fourth-order valence-corrected chi connectivity index (χ4v) is 2.93. The first-order chi connectivity index (χ1) is 6.27. The summed E-state index contributed by atoms with van der Waals surface area (Å²) in [5.41, 5.74) is -1.81. The van der Waals surface area contributed by atoms with Gasteiger partial charge in [0.15, 0.2) is 15.9 Å². The minimum absolute atomic E-state index is 0.233. The summed E-state index contributed by atoms with van der Waals surface area (Å²) in [5.74, 6) is -2.10. The molecule has 7 heteroatoms. The molecule has 14 heavy (non-hydrogen) atoms. The lowest BCUT2D eigenvalue weighted by molar-refractivity contribution is -0.164. The SMILES string of the molecule is O=C(O)C(O)C1(O)CCS(=O)(=O)CC1. The Balaban J connectivity index is 2.76. The highest BCUT2D eigenvalue weighted by Gasteiger charge is 2.44. The van der Waals surface area contributed by atoms with Gasteiger partial charge in [-0.15, -0.1) is 0 Å². The predicted molar refractivity (Wildman–Crippen MR) is 46.5 cm³/mol. The second-order valence-electron chi connectivity index (χ2n) is 3.50. The Morgan fingerprint density at radius 1 is 1.29 bits per heavy atom. The van der Waals surface area contributed by atoms with Crippen LogP contribution in [0.4, 0.5) is 0 Å². The van der Waals surface area contributed by atoms with Gasteiger partial charge in [-0.2, -0.15) is 0 Å². The first kappa shape index (κ1) is 11.4. The van der Waals surface area contributed by atoms with E-state index in [9.17, 15) is 18.3 Å². The van der Waals surface area contributed by atoms with E-state index in [0.717, 1.165) is 0 Å². The summed E-state index contributed by atoms with van der Waals surface area (Å²) in [6.07, 6.45) is -2.39. The third-order valence-corrected chi connectivity index (χ3v) is 4.09. The molecule has 0 aromatic rings. The van der Waals surface area contributed by atoms with Gasteiger partial charge >= 0.3 is 5.97 Å². The molecular formula is C7H12O6S. The van der Waals surface area contributed by atoms with Crippen LogP contribution >= 0.6 is 0 Å². The summed E-state index contributed by atoms with van der Waals surface area (Å²) in [4.78, 5) is 10.4. The van der Waals surface area contributed by atoms with Crippen molar-refractivity contribution in [1.82, 2.24) is 0 Å². The molecule has 0 aromatic heterocycles. The minimum atomic E-state index is -3.18. The number of aliphatic hydroxyl groups excluding tert-OH is 1. The van der Waals surface area contributed by atoms with Crippen molar-refractivity contribution in [3.63, 3.8) is 0 Å². The Morgan fingerprint density at radius 3 is 2.07 bits per heavy atom. The van der Waals surface area contributed by atoms with Crippen LogP contribution in [0.25, 0.3) is 0 Å². The highest BCUT2D eigenvalue weighted by atomic mass is 32.2. The third kappa shape index (κ3) is 2.23. The number of carbonyl (C=O) groups is 1. The van der Waals surface area contributed by atoms with Crippen molar-refractivity contribution in [2.45, 2.75) is 24.5 Å². The lowest BCUT2D eigenvalue weighted by Gasteiger charge is -2.33. The molecular weight excluding hydrogens is 212 g/mol. The summed E-state index contributed by atoms with van der Waals surface area (Å²) in [6.45, 7) is 0. The molecule has 1 aliphatic rings. The highest BCUT2D eigenvalue weighted by Crippen LogP contribution is 2.27. The third-order valence-electron chi connectivity index (χ3n) is 2.43. The molecule has 3 N–H and O–H groups in total. The lowest BCUT2D eigenvalue weighted by atomic mass is 9.90. The van der Waals surface area contributed by atoms with Gasteiger partial charge in [-0.05, 0) is 12.8 Å². The molecule has 1 atom stereocenters. The van der Waals surface area contributed by atoms with Crippen molar-refractivity contribution < 1.29 is 28.5 Å². The molecule has 6 nitrogen and oxygen atoms in total. The molecule has 0 bridgehead atoms. The maximum absolute atomic E-state index is 11.0. The van der Waals surface area contributed by atoms with E-state index < -0.39 is 27.5 Å². The number of rotatable bonds is 2. The first-order valence-electron chi connectivity index (χ1n) is 4.10. The molecule has 0 spiro atoms. The van der Waals surface area contributed by atoms with E-state index in [1.54, 1.807) is 0 Å². The van der Waals surface area contributed by atoms with Crippen LogP contribution in [0.1, 0.15) is 12.8 Å². The summed E-state index contributed by atoms with van der Waals surface area (Å²) >= 11 is 0. The molecule has 0 aliphatic carbocycles. The van der Waals surface area contributed by atoms with E-state index >= 15 is 0 Å². The normalized spacial score (nSPS) is 26.7. The topological polar surface area (TPSA) is 112 Å². The van der Waals surface area contributed by atoms with Gasteiger partial charge in [0.25, 0.3) is 0 Å². The Labute approximate surface area is 81.1 Å². The van der Waals surface area contributed by atoms with Crippen LogP contribution in [0.3, 0.4) is 0 Å². The highest BCUT2D eigenvalue weighted by molar-refractivity contribution is 7.91. The molecule has 0 amide bonds. The number of hydrogen-bond acceptors (Lipinski definition) is 5. The number of aliphatic carboxylic acids is 1. The lowest BCUT2D eigenvalue weighted by Crippen LogP contribution is -2.51. The van der Waals surface area contributed by atoms with Crippen molar-refractivity contribution >= 4 is 15.8 Å². The minimum Gasteiger partial charge on any atom is -0.479 e. The number of hydrogen-bond donors (Lipinski definition) is 3. The Kier molecular flexibility index (Phi) is 2.84. The average Bonchev–Trinajstić information content (AvgIpc) is 2.09. The van der Waals surface area contributed by atoms with Gasteiger partial charge in [-0.3, -0.25) is 0 Å². The van der Waals surface area contributed by atoms with Gasteiger partial charge in [0, 0.05) is 0 Å². The zero-order valence-electron chi connectivity index (χ0n) is 7.38. The fourth-order valence-electron chi connectivity index (χ4n) is 1.39. The van der Waals surface area contributed by atoms with Gasteiger partial charge in [0.1, 0.15) is 5.60 Å². The summed E-state index contributed by atoms with van der Waals surface area (Å²) in [6, 6.07) is 0. The standard InChI is InChI=1S/C7H12O6S/c8-5(6(9)10)7(11)1-3-14(12,13)4-2-7/h5,8,11H,1-4H2,(H,9,10). The number of carboxylic acids is 1. The smallest absolute Gasteiger partial charge is 0.335 e. The van der Waals surface area contributed by atoms with E-state index in [1.165, 1.54) is 0 Å². The molecule has 0 aromatic carbocycles. The summed E-state index contributed by atoms with van der Waals surface area (Å²) in [5, 5.41) is 27.3. The molecule has 1 rings (SSSR count). The van der Waals surface area contributed by atoms with Gasteiger partial charge in [0.05, 0.1) is 11.5 Å². The predicted octanol–water partition coefficient (Wildman–Crippen LogP) is -1.63. The largest absolute Gasteiger partial charge is 0.479 e. The Bertz CT molecular complexity index is 318. The molecule has 1 heterocycles. The monoisotopic (exact) mass is 224 g/mol. The van der Waals surface area contributed by atoms with Crippen molar-refractivity contribution in [3.8, 4) is 0 Å². The van der Waals surface area contributed by atoms with Crippen LogP contribution in [-0.4, -0.2) is 52.9 Å². The second-order valence-corrected chi connectivity index (χ2v) is 5.80. The van der Waals surface area contributed by atoms with Crippen molar-refractivity contribution in [3.05, 3.63) is 0 Å². The van der Waals surface area contributed by atoms with Crippen LogP contribution in [0.5, 0.6) is 0 Å². The molecule has 82 valence electrons. The zero-order valence-corrected chi connectivity index (χ0v) is 8.20. The van der Waals surface area contributed by atoms with Gasteiger partial charge < -0.3 is 15.3 Å². The molecule has 0 radical (unpaired) electrons. The van der Waals surface area contributed by atoms with E-state index in [2.05, 4.69) is 0 Å². The molecule has 0 saturated carbocycles. The van der Waals surface area contributed by atoms with E-state index in [0.29, 0.717) is 0 Å².